The zero-order valence-electron chi connectivity index (χ0n) is 19.1. The first-order valence-electron chi connectivity index (χ1n) is 11.7. The fourth-order valence-electron chi connectivity index (χ4n) is 4.10. The molecule has 0 N–H and O–H groups in total. The van der Waals surface area contributed by atoms with Crippen LogP contribution in [0.25, 0.3) is 10.8 Å². The number of nitrogens with zero attached hydrogens (tertiary/aromatic N) is 1. The summed E-state index contributed by atoms with van der Waals surface area (Å²) in [5, 5.41) is 10.3. The lowest BCUT2D eigenvalue weighted by atomic mass is 9.98. The summed E-state index contributed by atoms with van der Waals surface area (Å²) in [6.07, 6.45) is 4.23. The molecule has 5 heteroatoms. The van der Waals surface area contributed by atoms with Crippen LogP contribution in [0, 0.1) is 17.1 Å². The van der Waals surface area contributed by atoms with Gasteiger partial charge in [-0.15, -0.1) is 0 Å². The average molecular weight is 448 g/mol. The minimum atomic E-state index is -0.455. The van der Waals surface area contributed by atoms with Crippen molar-refractivity contribution in [2.24, 2.45) is 0 Å². The average Bonchev–Trinajstić information content (AvgIpc) is 2.87. The summed E-state index contributed by atoms with van der Waals surface area (Å²) in [4.78, 5) is 0. The first kappa shape index (κ1) is 23.4. The van der Waals surface area contributed by atoms with Crippen molar-refractivity contribution in [3.05, 3.63) is 82.7 Å². The van der Waals surface area contributed by atoms with Gasteiger partial charge in [0.2, 0.25) is 0 Å². The van der Waals surface area contributed by atoms with Gasteiger partial charge in [0, 0.05) is 17.6 Å². The lowest BCUT2D eigenvalue weighted by Crippen LogP contribution is -2.33. The Kier molecular flexibility index (Phi) is 8.06. The summed E-state index contributed by atoms with van der Waals surface area (Å²) in [6.45, 7) is 3.90. The number of halogens is 1. The van der Waals surface area contributed by atoms with E-state index in [2.05, 4.69) is 13.0 Å². The van der Waals surface area contributed by atoms with Crippen molar-refractivity contribution >= 4 is 10.8 Å². The van der Waals surface area contributed by atoms with Gasteiger partial charge in [-0.2, -0.15) is 5.26 Å². The van der Waals surface area contributed by atoms with E-state index < -0.39 is 6.29 Å². The van der Waals surface area contributed by atoms with Gasteiger partial charge in [0.25, 0.3) is 0 Å². The number of aryl methyl sites for hydroxylation is 2. The Balaban J connectivity index is 1.37. The topological polar surface area (TPSA) is 51.5 Å². The number of hydrogen-bond donors (Lipinski definition) is 0. The first-order valence-corrected chi connectivity index (χ1v) is 11.7. The third-order valence-electron chi connectivity index (χ3n) is 6.06. The fraction of sp³-hybridized carbons (Fsp3) is 0.393. The minimum absolute atomic E-state index is 0.0327. The molecule has 0 aromatic heterocycles. The lowest BCUT2D eigenvalue weighted by Gasteiger charge is -2.29. The van der Waals surface area contributed by atoms with Crippen LogP contribution >= 0.6 is 0 Å². The van der Waals surface area contributed by atoms with Crippen molar-refractivity contribution < 1.29 is 18.6 Å². The van der Waals surface area contributed by atoms with Crippen LogP contribution in [0.15, 0.2) is 54.6 Å². The summed E-state index contributed by atoms with van der Waals surface area (Å²) in [7, 11) is 0. The second-order valence-electron chi connectivity index (χ2n) is 8.53. The van der Waals surface area contributed by atoms with E-state index in [0.717, 1.165) is 36.0 Å². The maximum absolute atomic E-state index is 15.2. The predicted molar refractivity (Wildman–Crippen MR) is 126 cm³/mol. The van der Waals surface area contributed by atoms with Crippen molar-refractivity contribution in [3.8, 4) is 6.07 Å². The van der Waals surface area contributed by atoms with Crippen LogP contribution in [0.5, 0.6) is 0 Å². The molecule has 1 aliphatic rings. The highest BCUT2D eigenvalue weighted by Crippen LogP contribution is 2.29. The lowest BCUT2D eigenvalue weighted by molar-refractivity contribution is -0.230. The second-order valence-corrected chi connectivity index (χ2v) is 8.53. The Hall–Kier alpha value is -2.78. The van der Waals surface area contributed by atoms with Crippen LogP contribution in [0.4, 0.5) is 4.39 Å². The van der Waals surface area contributed by atoms with Crippen LogP contribution in [0.3, 0.4) is 0 Å². The molecule has 3 aromatic carbocycles. The molecule has 1 saturated heterocycles. The number of nitriles is 1. The highest BCUT2D eigenvalue weighted by atomic mass is 19.1. The van der Waals surface area contributed by atoms with Crippen molar-refractivity contribution in [1.29, 1.82) is 5.26 Å². The van der Waals surface area contributed by atoms with E-state index in [0.29, 0.717) is 36.1 Å². The maximum Gasteiger partial charge on any atom is 0.184 e. The van der Waals surface area contributed by atoms with Gasteiger partial charge < -0.3 is 14.2 Å². The van der Waals surface area contributed by atoms with Crippen molar-refractivity contribution in [3.63, 3.8) is 0 Å². The molecule has 0 radical (unpaired) electrons. The standard InChI is InChI=1S/C28H30FNO3/c1-2-3-4-15-31-25-18-32-28(33-19-25)24-13-14-26-23(16-24)12-11-22(27(26)29)10-9-20-5-7-21(17-30)8-6-20/h5-8,11-14,16,25,28H,2-4,9-10,15,18-19H2,1H3. The predicted octanol–water partition coefficient (Wildman–Crippen LogP) is 6.26. The molecule has 4 nitrogen and oxygen atoms in total. The number of unbranched alkanes of at least 4 members (excludes halogenated alkanes) is 2. The van der Waals surface area contributed by atoms with Gasteiger partial charge in [-0.1, -0.05) is 56.2 Å². The Morgan fingerprint density at radius 3 is 2.52 bits per heavy atom. The summed E-state index contributed by atoms with van der Waals surface area (Å²) in [5.41, 5.74) is 3.29. The maximum atomic E-state index is 15.2. The van der Waals surface area contributed by atoms with E-state index in [9.17, 15) is 0 Å². The Morgan fingerprint density at radius 2 is 1.79 bits per heavy atom. The van der Waals surface area contributed by atoms with E-state index in [1.165, 1.54) is 12.8 Å². The smallest absolute Gasteiger partial charge is 0.184 e. The highest BCUT2D eigenvalue weighted by Gasteiger charge is 2.24. The van der Waals surface area contributed by atoms with Gasteiger partial charge in [-0.25, -0.2) is 4.39 Å². The fourth-order valence-corrected chi connectivity index (χ4v) is 4.10. The van der Waals surface area contributed by atoms with Gasteiger partial charge in [0.1, 0.15) is 11.9 Å². The molecule has 33 heavy (non-hydrogen) atoms. The Labute approximate surface area is 194 Å². The molecular formula is C28H30FNO3. The molecule has 1 fully saturated rings. The third kappa shape index (κ3) is 5.97. The van der Waals surface area contributed by atoms with Crippen LogP contribution in [-0.2, 0) is 27.1 Å². The van der Waals surface area contributed by atoms with Gasteiger partial charge >= 0.3 is 0 Å². The van der Waals surface area contributed by atoms with Crippen molar-refractivity contribution in [1.82, 2.24) is 0 Å². The molecule has 3 aromatic rings. The molecule has 0 bridgehead atoms. The number of hydrogen-bond acceptors (Lipinski definition) is 4. The summed E-state index contributed by atoms with van der Waals surface area (Å²) in [5.74, 6) is -0.182. The second kappa shape index (κ2) is 11.4. The van der Waals surface area contributed by atoms with Gasteiger partial charge in [-0.05, 0) is 54.0 Å². The number of rotatable bonds is 9. The molecule has 1 heterocycles. The van der Waals surface area contributed by atoms with E-state index in [-0.39, 0.29) is 11.9 Å². The van der Waals surface area contributed by atoms with E-state index in [4.69, 9.17) is 19.5 Å². The molecule has 1 aliphatic heterocycles. The van der Waals surface area contributed by atoms with E-state index >= 15 is 4.39 Å². The number of fused-ring (bicyclic) bond motifs is 1. The summed E-state index contributed by atoms with van der Waals surface area (Å²) >= 11 is 0. The van der Waals surface area contributed by atoms with E-state index in [1.54, 1.807) is 12.1 Å². The number of ether oxygens (including phenoxy) is 3. The Morgan fingerprint density at radius 1 is 1.00 bits per heavy atom. The molecule has 0 saturated carbocycles. The van der Waals surface area contributed by atoms with Gasteiger partial charge in [-0.3, -0.25) is 0 Å². The van der Waals surface area contributed by atoms with Crippen molar-refractivity contribution in [2.75, 3.05) is 19.8 Å². The first-order chi connectivity index (χ1) is 16.2. The normalized spacial score (nSPS) is 18.3. The van der Waals surface area contributed by atoms with Crippen molar-refractivity contribution in [2.45, 2.75) is 51.4 Å². The highest BCUT2D eigenvalue weighted by molar-refractivity contribution is 5.84. The Bertz CT molecular complexity index is 1100. The van der Waals surface area contributed by atoms with E-state index in [1.807, 2.05) is 42.5 Å². The third-order valence-corrected chi connectivity index (χ3v) is 6.06. The molecular weight excluding hydrogens is 417 g/mol. The quantitative estimate of drug-likeness (QED) is 0.364. The zero-order valence-corrected chi connectivity index (χ0v) is 19.1. The minimum Gasteiger partial charge on any atom is -0.373 e. The molecule has 0 spiro atoms. The zero-order chi connectivity index (χ0) is 23.0. The molecule has 0 aliphatic carbocycles. The van der Waals surface area contributed by atoms with Crippen LogP contribution in [0.2, 0.25) is 0 Å². The monoisotopic (exact) mass is 447 g/mol. The molecule has 0 amide bonds. The largest absolute Gasteiger partial charge is 0.373 e. The summed E-state index contributed by atoms with van der Waals surface area (Å²) < 4.78 is 32.7. The number of benzene rings is 3. The van der Waals surface area contributed by atoms with Gasteiger partial charge in [0.05, 0.1) is 24.8 Å². The van der Waals surface area contributed by atoms with Crippen LogP contribution in [0.1, 0.15) is 54.7 Å². The molecule has 4 rings (SSSR count). The molecule has 172 valence electrons. The van der Waals surface area contributed by atoms with Gasteiger partial charge in [0.15, 0.2) is 6.29 Å². The van der Waals surface area contributed by atoms with Crippen LogP contribution < -0.4 is 0 Å². The van der Waals surface area contributed by atoms with Crippen LogP contribution in [-0.4, -0.2) is 25.9 Å². The summed E-state index contributed by atoms with van der Waals surface area (Å²) in [6, 6.07) is 19.0. The SMILES string of the molecule is CCCCCOC1COC(c2ccc3c(F)c(CCc4ccc(C#N)cc4)ccc3c2)OC1. The molecule has 0 atom stereocenters. The molecule has 0 unspecified atom stereocenters.